The van der Waals surface area contributed by atoms with Gasteiger partial charge in [-0.05, 0) is 92.9 Å². The van der Waals surface area contributed by atoms with E-state index in [1.165, 1.54) is 24.1 Å². The number of aromatic nitrogens is 1. The summed E-state index contributed by atoms with van der Waals surface area (Å²) in [6.07, 6.45) is 7.37. The number of benzene rings is 1. The van der Waals surface area contributed by atoms with Gasteiger partial charge in [0.25, 0.3) is 0 Å². The predicted octanol–water partition coefficient (Wildman–Crippen LogP) is 6.81. The van der Waals surface area contributed by atoms with Gasteiger partial charge in [-0.2, -0.15) is 0 Å². The molecule has 2 saturated carbocycles. The van der Waals surface area contributed by atoms with Gasteiger partial charge in [0.15, 0.2) is 0 Å². The van der Waals surface area contributed by atoms with Crippen molar-refractivity contribution >= 4 is 11.6 Å². The lowest BCUT2D eigenvalue weighted by Gasteiger charge is -2.38. The number of aryl methyl sites for hydroxylation is 1. The topological polar surface area (TPSA) is 75.4 Å². The molecule has 2 aromatic rings. The zero-order valence-corrected chi connectivity index (χ0v) is 21.0. The first-order chi connectivity index (χ1) is 16.1. The standard InChI is InChI=1S/C28H39FN2O3/c1-17-12-22(29)9-10-23(17)30-24(33)15-20(6-5-11-32)26-25(19-7-8-19)27(34-31-26)21-13-18(14-21)16-28(2,3)4/h9-10,12,18-21,32H,5-8,11,13-16H2,1-4H3,(H,30,33). The molecule has 5 nitrogen and oxygen atoms in total. The lowest BCUT2D eigenvalue weighted by molar-refractivity contribution is -0.116. The Balaban J connectivity index is 1.49. The predicted molar refractivity (Wildman–Crippen MR) is 131 cm³/mol. The third-order valence-electron chi connectivity index (χ3n) is 7.27. The molecule has 34 heavy (non-hydrogen) atoms. The second-order valence-electron chi connectivity index (χ2n) is 11.7. The van der Waals surface area contributed by atoms with Crippen LogP contribution < -0.4 is 5.32 Å². The number of carbonyl (C=O) groups is 1. The number of hydrogen-bond donors (Lipinski definition) is 2. The summed E-state index contributed by atoms with van der Waals surface area (Å²) < 4.78 is 19.4. The fourth-order valence-corrected chi connectivity index (χ4v) is 5.54. The van der Waals surface area contributed by atoms with E-state index in [0.717, 1.165) is 43.1 Å². The Morgan fingerprint density at radius 1 is 1.26 bits per heavy atom. The molecule has 0 radical (unpaired) electrons. The van der Waals surface area contributed by atoms with Gasteiger partial charge < -0.3 is 14.9 Å². The number of rotatable bonds is 10. The van der Waals surface area contributed by atoms with Crippen LogP contribution in [0.4, 0.5) is 10.1 Å². The maximum Gasteiger partial charge on any atom is 0.225 e. The minimum atomic E-state index is -0.318. The third-order valence-corrected chi connectivity index (χ3v) is 7.27. The molecule has 4 rings (SSSR count). The van der Waals surface area contributed by atoms with Crippen molar-refractivity contribution in [3.8, 4) is 0 Å². The highest BCUT2D eigenvalue weighted by atomic mass is 19.1. The number of hydrogen-bond acceptors (Lipinski definition) is 4. The van der Waals surface area contributed by atoms with Crippen LogP contribution in [0.25, 0.3) is 0 Å². The first-order valence-corrected chi connectivity index (χ1v) is 12.8. The van der Waals surface area contributed by atoms with E-state index in [1.54, 1.807) is 13.0 Å². The molecule has 1 unspecified atom stereocenters. The molecule has 1 aromatic carbocycles. The second-order valence-corrected chi connectivity index (χ2v) is 11.7. The second kappa shape index (κ2) is 10.2. The highest BCUT2D eigenvalue weighted by molar-refractivity contribution is 5.92. The fraction of sp³-hybridized carbons (Fsp3) is 0.643. The van der Waals surface area contributed by atoms with Gasteiger partial charge in [-0.15, -0.1) is 0 Å². The van der Waals surface area contributed by atoms with Gasteiger partial charge in [-0.25, -0.2) is 4.39 Å². The van der Waals surface area contributed by atoms with Crippen LogP contribution >= 0.6 is 0 Å². The smallest absolute Gasteiger partial charge is 0.225 e. The summed E-state index contributed by atoms with van der Waals surface area (Å²) in [6, 6.07) is 4.37. The molecule has 2 aliphatic rings. The first-order valence-electron chi connectivity index (χ1n) is 12.8. The van der Waals surface area contributed by atoms with E-state index in [9.17, 15) is 14.3 Å². The van der Waals surface area contributed by atoms with E-state index < -0.39 is 0 Å². The van der Waals surface area contributed by atoms with Crippen LogP contribution in [0, 0.1) is 24.1 Å². The van der Waals surface area contributed by atoms with Gasteiger partial charge in [-0.1, -0.05) is 25.9 Å². The maximum absolute atomic E-state index is 13.4. The van der Waals surface area contributed by atoms with Gasteiger partial charge >= 0.3 is 0 Å². The molecule has 2 fully saturated rings. The summed E-state index contributed by atoms with van der Waals surface area (Å²) in [5.41, 5.74) is 3.81. The van der Waals surface area contributed by atoms with Crippen molar-refractivity contribution in [2.75, 3.05) is 11.9 Å². The number of amides is 1. The van der Waals surface area contributed by atoms with E-state index in [0.29, 0.717) is 41.3 Å². The number of nitrogens with one attached hydrogen (secondary N) is 1. The molecule has 0 bridgehead atoms. The molecule has 0 saturated heterocycles. The molecule has 186 valence electrons. The lowest BCUT2D eigenvalue weighted by atomic mass is 9.66. The maximum atomic E-state index is 13.4. The normalized spacial score (nSPS) is 21.2. The van der Waals surface area contributed by atoms with Crippen molar-refractivity contribution in [2.24, 2.45) is 11.3 Å². The van der Waals surface area contributed by atoms with Crippen LogP contribution in [0.5, 0.6) is 0 Å². The average molecular weight is 471 g/mol. The Labute approximate surface area is 202 Å². The van der Waals surface area contributed by atoms with Gasteiger partial charge in [-0.3, -0.25) is 4.79 Å². The zero-order chi connectivity index (χ0) is 24.5. The molecule has 2 aliphatic carbocycles. The van der Waals surface area contributed by atoms with Gasteiger partial charge in [0.2, 0.25) is 5.91 Å². The van der Waals surface area contributed by atoms with Crippen molar-refractivity contribution in [1.29, 1.82) is 0 Å². The first kappa shape index (κ1) is 24.9. The Hall–Kier alpha value is -2.21. The van der Waals surface area contributed by atoms with Crippen molar-refractivity contribution in [3.05, 3.63) is 46.6 Å². The number of halogens is 1. The summed E-state index contributed by atoms with van der Waals surface area (Å²) in [5, 5.41) is 16.9. The molecule has 1 aromatic heterocycles. The summed E-state index contributed by atoms with van der Waals surface area (Å²) in [6.45, 7) is 8.75. The molecule has 6 heteroatoms. The lowest BCUT2D eigenvalue weighted by Crippen LogP contribution is -2.26. The average Bonchev–Trinajstić information content (AvgIpc) is 3.48. The number of carbonyl (C=O) groups excluding carboxylic acids is 1. The number of anilines is 1. The zero-order valence-electron chi connectivity index (χ0n) is 21.0. The fourth-order valence-electron chi connectivity index (χ4n) is 5.54. The van der Waals surface area contributed by atoms with Gasteiger partial charge in [0.1, 0.15) is 11.6 Å². The molecular formula is C28H39FN2O3. The number of aliphatic hydroxyl groups is 1. The molecule has 1 amide bonds. The van der Waals surface area contributed by atoms with Gasteiger partial charge in [0.05, 0.1) is 5.69 Å². The highest BCUT2D eigenvalue weighted by Crippen LogP contribution is 2.53. The molecular weight excluding hydrogens is 431 g/mol. The van der Waals surface area contributed by atoms with Crippen LogP contribution in [0.3, 0.4) is 0 Å². The highest BCUT2D eigenvalue weighted by Gasteiger charge is 2.42. The van der Waals surface area contributed by atoms with E-state index in [1.807, 2.05) is 0 Å². The number of aliphatic hydroxyl groups excluding tert-OH is 1. The minimum absolute atomic E-state index is 0.0791. The molecule has 1 atom stereocenters. The van der Waals surface area contributed by atoms with Crippen LogP contribution in [0.1, 0.15) is 112 Å². The minimum Gasteiger partial charge on any atom is -0.396 e. The molecule has 1 heterocycles. The van der Waals surface area contributed by atoms with Crippen LogP contribution in [-0.4, -0.2) is 22.8 Å². The van der Waals surface area contributed by atoms with E-state index >= 15 is 0 Å². The van der Waals surface area contributed by atoms with Crippen LogP contribution in [0.2, 0.25) is 0 Å². The largest absolute Gasteiger partial charge is 0.396 e. The van der Waals surface area contributed by atoms with Crippen molar-refractivity contribution in [2.45, 2.75) is 96.8 Å². The summed E-state index contributed by atoms with van der Waals surface area (Å²) in [4.78, 5) is 13.0. The Bertz CT molecular complexity index is 1000. The number of nitrogens with zero attached hydrogens (tertiary/aromatic N) is 1. The van der Waals surface area contributed by atoms with Crippen molar-refractivity contribution < 1.29 is 18.8 Å². The summed E-state index contributed by atoms with van der Waals surface area (Å²) in [5.74, 6) is 2.15. The van der Waals surface area contributed by atoms with Gasteiger partial charge in [0, 0.05) is 36.1 Å². The SMILES string of the molecule is Cc1cc(F)ccc1NC(=O)CC(CCCO)c1noc(C2CC(CC(C)(C)C)C2)c1C1CC1. The van der Waals surface area contributed by atoms with Crippen LogP contribution in [0.15, 0.2) is 22.7 Å². The van der Waals surface area contributed by atoms with Crippen LogP contribution in [-0.2, 0) is 4.79 Å². The Kier molecular flexibility index (Phi) is 7.46. The molecule has 2 N–H and O–H groups in total. The monoisotopic (exact) mass is 470 g/mol. The summed E-state index contributed by atoms with van der Waals surface area (Å²) >= 11 is 0. The van der Waals surface area contributed by atoms with E-state index in [4.69, 9.17) is 4.52 Å². The van der Waals surface area contributed by atoms with Crippen molar-refractivity contribution in [1.82, 2.24) is 5.16 Å². The molecule has 0 spiro atoms. The summed E-state index contributed by atoms with van der Waals surface area (Å²) in [7, 11) is 0. The third kappa shape index (κ3) is 6.07. The Morgan fingerprint density at radius 2 is 2.00 bits per heavy atom. The van der Waals surface area contributed by atoms with E-state index in [2.05, 4.69) is 31.2 Å². The quantitative estimate of drug-likeness (QED) is 0.400. The Morgan fingerprint density at radius 3 is 2.62 bits per heavy atom. The van der Waals surface area contributed by atoms with E-state index in [-0.39, 0.29) is 30.7 Å². The van der Waals surface area contributed by atoms with Crippen molar-refractivity contribution in [3.63, 3.8) is 0 Å². The molecule has 0 aliphatic heterocycles.